The lowest BCUT2D eigenvalue weighted by Gasteiger charge is -2.19. The minimum absolute atomic E-state index is 0.510. The molecule has 0 bridgehead atoms. The molecule has 23 heavy (non-hydrogen) atoms. The van der Waals surface area contributed by atoms with Crippen molar-refractivity contribution in [3.05, 3.63) is 30.0 Å². The average Bonchev–Trinajstić information content (AvgIpc) is 3.06. The van der Waals surface area contributed by atoms with E-state index in [-0.39, 0.29) is 0 Å². The molecule has 0 aliphatic heterocycles. The summed E-state index contributed by atoms with van der Waals surface area (Å²) in [5.74, 6) is 1.50. The van der Waals surface area contributed by atoms with Gasteiger partial charge in [-0.1, -0.05) is 0 Å². The molecule has 0 aliphatic rings. The van der Waals surface area contributed by atoms with Crippen LogP contribution in [0.4, 0.5) is 10.6 Å². The van der Waals surface area contributed by atoms with Gasteiger partial charge in [0, 0.05) is 31.0 Å². The number of aromatic amines is 1. The number of rotatable bonds is 6. The van der Waals surface area contributed by atoms with Crippen molar-refractivity contribution in [2.75, 3.05) is 5.32 Å². The highest BCUT2D eigenvalue weighted by atomic mass is 16.6. The molecule has 0 unspecified atom stereocenters. The second-order valence-corrected chi connectivity index (χ2v) is 6.13. The summed E-state index contributed by atoms with van der Waals surface area (Å²) in [7, 11) is 0. The standard InChI is InChI=1S/C15H24N6O2/c1-5-21-7-6-17-12(21)10-16-8-11-9-18-20-13(11)19-14(22)23-15(2,3)4/h6-7,9,16H,5,8,10H2,1-4H3,(H2,18,19,20,22). The highest BCUT2D eigenvalue weighted by molar-refractivity contribution is 5.84. The van der Waals surface area contributed by atoms with Crippen LogP contribution < -0.4 is 10.6 Å². The number of aromatic nitrogens is 4. The predicted molar refractivity (Wildman–Crippen MR) is 86.9 cm³/mol. The minimum atomic E-state index is -0.542. The Balaban J connectivity index is 1.87. The van der Waals surface area contributed by atoms with E-state index < -0.39 is 11.7 Å². The van der Waals surface area contributed by atoms with E-state index in [9.17, 15) is 4.79 Å². The Bertz CT molecular complexity index is 640. The molecule has 126 valence electrons. The van der Waals surface area contributed by atoms with Gasteiger partial charge in [-0.2, -0.15) is 5.10 Å². The molecule has 2 heterocycles. The Kier molecular flexibility index (Phi) is 5.38. The minimum Gasteiger partial charge on any atom is -0.444 e. The average molecular weight is 320 g/mol. The predicted octanol–water partition coefficient (Wildman–Crippen LogP) is 2.26. The number of hydrogen-bond donors (Lipinski definition) is 3. The molecule has 0 aliphatic carbocycles. The van der Waals surface area contributed by atoms with Crippen molar-refractivity contribution in [2.24, 2.45) is 0 Å². The molecule has 0 aromatic carbocycles. The Morgan fingerprint density at radius 3 is 2.87 bits per heavy atom. The molecule has 3 N–H and O–H groups in total. The molecular weight excluding hydrogens is 296 g/mol. The van der Waals surface area contributed by atoms with E-state index in [4.69, 9.17) is 4.74 Å². The van der Waals surface area contributed by atoms with Gasteiger partial charge in [-0.05, 0) is 27.7 Å². The number of anilines is 1. The number of carbonyl (C=O) groups excluding carboxylic acids is 1. The Hall–Kier alpha value is -2.35. The molecule has 1 amide bonds. The molecule has 2 rings (SSSR count). The molecule has 0 atom stereocenters. The van der Waals surface area contributed by atoms with Crippen LogP contribution in [0.5, 0.6) is 0 Å². The first-order valence-corrected chi connectivity index (χ1v) is 7.62. The summed E-state index contributed by atoms with van der Waals surface area (Å²) < 4.78 is 7.30. The fourth-order valence-electron chi connectivity index (χ4n) is 2.06. The quantitative estimate of drug-likeness (QED) is 0.758. The van der Waals surface area contributed by atoms with Crippen LogP contribution in [0.3, 0.4) is 0 Å². The molecule has 0 radical (unpaired) electrons. The van der Waals surface area contributed by atoms with E-state index in [0.717, 1.165) is 17.9 Å². The Labute approximate surface area is 135 Å². The molecule has 2 aromatic heterocycles. The topological polar surface area (TPSA) is 96.9 Å². The van der Waals surface area contributed by atoms with Crippen LogP contribution in [0.25, 0.3) is 0 Å². The maximum absolute atomic E-state index is 11.8. The highest BCUT2D eigenvalue weighted by Gasteiger charge is 2.17. The van der Waals surface area contributed by atoms with Gasteiger partial charge in [-0.3, -0.25) is 10.4 Å². The first kappa shape index (κ1) is 17.0. The van der Waals surface area contributed by atoms with Crippen LogP contribution in [-0.4, -0.2) is 31.4 Å². The van der Waals surface area contributed by atoms with Crippen LogP contribution in [0.1, 0.15) is 39.1 Å². The normalized spacial score (nSPS) is 11.5. The van der Waals surface area contributed by atoms with Crippen LogP contribution in [0.2, 0.25) is 0 Å². The fourth-order valence-corrected chi connectivity index (χ4v) is 2.06. The first-order chi connectivity index (χ1) is 10.9. The maximum Gasteiger partial charge on any atom is 0.413 e. The monoisotopic (exact) mass is 320 g/mol. The maximum atomic E-state index is 11.8. The number of ether oxygens (including phenoxy) is 1. The Morgan fingerprint density at radius 2 is 2.17 bits per heavy atom. The number of amides is 1. The number of aryl methyl sites for hydroxylation is 1. The van der Waals surface area contributed by atoms with Gasteiger partial charge in [0.05, 0.1) is 12.7 Å². The lowest BCUT2D eigenvalue weighted by Crippen LogP contribution is -2.27. The van der Waals surface area contributed by atoms with E-state index in [0.29, 0.717) is 18.9 Å². The van der Waals surface area contributed by atoms with E-state index in [2.05, 4.69) is 37.3 Å². The SMILES string of the molecule is CCn1ccnc1CNCc1cn[nH]c1NC(=O)OC(C)(C)C. The summed E-state index contributed by atoms with van der Waals surface area (Å²) in [6.07, 6.45) is 4.90. The second-order valence-electron chi connectivity index (χ2n) is 6.13. The van der Waals surface area contributed by atoms with Crippen molar-refractivity contribution in [3.8, 4) is 0 Å². The third-order valence-electron chi connectivity index (χ3n) is 3.08. The summed E-state index contributed by atoms with van der Waals surface area (Å²) >= 11 is 0. The zero-order chi connectivity index (χ0) is 16.9. The molecular formula is C15H24N6O2. The zero-order valence-electron chi connectivity index (χ0n) is 14.0. The highest BCUT2D eigenvalue weighted by Crippen LogP contribution is 2.14. The molecule has 0 spiro atoms. The fraction of sp³-hybridized carbons (Fsp3) is 0.533. The van der Waals surface area contributed by atoms with Gasteiger partial charge < -0.3 is 14.6 Å². The summed E-state index contributed by atoms with van der Waals surface area (Å²) in [6.45, 7) is 9.60. The van der Waals surface area contributed by atoms with Crippen LogP contribution in [-0.2, 0) is 24.4 Å². The molecule has 8 nitrogen and oxygen atoms in total. The van der Waals surface area contributed by atoms with Crippen molar-refractivity contribution >= 4 is 11.9 Å². The third-order valence-corrected chi connectivity index (χ3v) is 3.08. The van der Waals surface area contributed by atoms with Gasteiger partial charge in [0.1, 0.15) is 17.2 Å². The number of nitrogens with zero attached hydrogens (tertiary/aromatic N) is 3. The summed E-state index contributed by atoms with van der Waals surface area (Å²) in [5, 5.41) is 12.7. The first-order valence-electron chi connectivity index (χ1n) is 7.62. The van der Waals surface area contributed by atoms with Crippen LogP contribution >= 0.6 is 0 Å². The number of carbonyl (C=O) groups is 1. The van der Waals surface area contributed by atoms with Crippen molar-refractivity contribution in [1.82, 2.24) is 25.1 Å². The lowest BCUT2D eigenvalue weighted by molar-refractivity contribution is 0.0635. The van der Waals surface area contributed by atoms with Gasteiger partial charge >= 0.3 is 6.09 Å². The summed E-state index contributed by atoms with van der Waals surface area (Å²) in [6, 6.07) is 0. The van der Waals surface area contributed by atoms with Gasteiger partial charge in [-0.25, -0.2) is 9.78 Å². The van der Waals surface area contributed by atoms with E-state index in [1.54, 1.807) is 12.4 Å². The Morgan fingerprint density at radius 1 is 1.39 bits per heavy atom. The van der Waals surface area contributed by atoms with Gasteiger partial charge in [0.25, 0.3) is 0 Å². The van der Waals surface area contributed by atoms with Crippen molar-refractivity contribution in [2.45, 2.75) is 52.9 Å². The number of H-pyrrole nitrogens is 1. The van der Waals surface area contributed by atoms with E-state index in [1.165, 1.54) is 0 Å². The largest absolute Gasteiger partial charge is 0.444 e. The summed E-state index contributed by atoms with van der Waals surface area (Å²) in [4.78, 5) is 16.1. The molecule has 0 saturated heterocycles. The van der Waals surface area contributed by atoms with Gasteiger partial charge in [-0.15, -0.1) is 0 Å². The number of nitrogens with one attached hydrogen (secondary N) is 3. The summed E-state index contributed by atoms with van der Waals surface area (Å²) in [5.41, 5.74) is 0.310. The smallest absolute Gasteiger partial charge is 0.413 e. The van der Waals surface area contributed by atoms with Crippen LogP contribution in [0.15, 0.2) is 18.6 Å². The number of imidazole rings is 1. The van der Waals surface area contributed by atoms with Gasteiger partial charge in [0.15, 0.2) is 0 Å². The zero-order valence-corrected chi connectivity index (χ0v) is 14.0. The molecule has 0 saturated carbocycles. The molecule has 2 aromatic rings. The van der Waals surface area contributed by atoms with Crippen molar-refractivity contribution in [1.29, 1.82) is 0 Å². The third kappa shape index (κ3) is 5.10. The lowest BCUT2D eigenvalue weighted by atomic mass is 10.2. The molecule has 0 fully saturated rings. The molecule has 8 heteroatoms. The number of hydrogen-bond acceptors (Lipinski definition) is 5. The van der Waals surface area contributed by atoms with Crippen molar-refractivity contribution in [3.63, 3.8) is 0 Å². The van der Waals surface area contributed by atoms with Crippen molar-refractivity contribution < 1.29 is 9.53 Å². The van der Waals surface area contributed by atoms with E-state index >= 15 is 0 Å². The van der Waals surface area contributed by atoms with Crippen LogP contribution in [0, 0.1) is 0 Å². The van der Waals surface area contributed by atoms with Gasteiger partial charge in [0.2, 0.25) is 0 Å². The van der Waals surface area contributed by atoms with E-state index in [1.807, 2.05) is 27.0 Å². The second kappa shape index (κ2) is 7.28.